The molecule has 0 saturated carbocycles. The first kappa shape index (κ1) is 29.6. The van der Waals surface area contributed by atoms with Crippen LogP contribution in [-0.2, 0) is 19.1 Å². The maximum absolute atomic E-state index is 12.5. The van der Waals surface area contributed by atoms with E-state index < -0.39 is 40.4 Å². The van der Waals surface area contributed by atoms with Crippen LogP contribution in [0.1, 0.15) is 26.7 Å². The molecule has 0 saturated heterocycles. The van der Waals surface area contributed by atoms with Crippen LogP contribution in [0.2, 0.25) is 51.4 Å². The molecule has 0 heterocycles. The third-order valence-electron chi connectivity index (χ3n) is 4.49. The van der Waals surface area contributed by atoms with E-state index in [1.54, 1.807) is 0 Å². The first-order valence-electron chi connectivity index (χ1n) is 11.2. The SMILES string of the molecule is CC(C)C[C@H](NC(=O)OCC[Si](C)(C)C)C(=O)NCC[C@@H](O)C(=O)OCC[Si](C)(C)C. The minimum atomic E-state index is -1.32. The van der Waals surface area contributed by atoms with Crippen LogP contribution in [-0.4, -0.2) is 71.1 Å². The second kappa shape index (κ2) is 13.9. The molecular weight excluding hydrogens is 432 g/mol. The van der Waals surface area contributed by atoms with Gasteiger partial charge in [0.15, 0.2) is 6.10 Å². The third-order valence-corrected chi connectivity index (χ3v) is 7.89. The Morgan fingerprint density at radius 3 is 1.90 bits per heavy atom. The highest BCUT2D eigenvalue weighted by molar-refractivity contribution is 6.76. The number of rotatable bonds is 14. The van der Waals surface area contributed by atoms with Crippen LogP contribution < -0.4 is 10.6 Å². The van der Waals surface area contributed by atoms with Gasteiger partial charge < -0.3 is 25.2 Å². The van der Waals surface area contributed by atoms with Gasteiger partial charge in [-0.15, -0.1) is 0 Å². The molecule has 0 aliphatic heterocycles. The Morgan fingerprint density at radius 1 is 0.903 bits per heavy atom. The lowest BCUT2D eigenvalue weighted by atomic mass is 10.0. The molecule has 10 heteroatoms. The van der Waals surface area contributed by atoms with Crippen LogP contribution in [0.25, 0.3) is 0 Å². The summed E-state index contributed by atoms with van der Waals surface area (Å²) in [7, 11) is -2.63. The van der Waals surface area contributed by atoms with Crippen LogP contribution in [0.15, 0.2) is 0 Å². The molecule has 0 aliphatic carbocycles. The second-order valence-corrected chi connectivity index (χ2v) is 22.1. The molecule has 0 rings (SSSR count). The average molecular weight is 477 g/mol. The van der Waals surface area contributed by atoms with Gasteiger partial charge in [-0.3, -0.25) is 4.79 Å². The highest BCUT2D eigenvalue weighted by atomic mass is 28.3. The zero-order chi connectivity index (χ0) is 24.2. The molecule has 31 heavy (non-hydrogen) atoms. The van der Waals surface area contributed by atoms with Gasteiger partial charge in [0.1, 0.15) is 6.04 Å². The molecule has 0 radical (unpaired) electrons. The Hall–Kier alpha value is -1.40. The normalized spacial score (nSPS) is 14.0. The highest BCUT2D eigenvalue weighted by Crippen LogP contribution is 2.10. The Balaban J connectivity index is 4.45. The monoisotopic (exact) mass is 476 g/mol. The van der Waals surface area contributed by atoms with Gasteiger partial charge in [0.05, 0.1) is 13.2 Å². The lowest BCUT2D eigenvalue weighted by Gasteiger charge is -2.21. The molecular formula is C21H44N2O6Si2. The summed E-state index contributed by atoms with van der Waals surface area (Å²) in [4.78, 5) is 36.4. The molecule has 0 unspecified atom stereocenters. The molecule has 3 N–H and O–H groups in total. The van der Waals surface area contributed by atoms with Crippen molar-refractivity contribution in [1.29, 1.82) is 0 Å². The number of aliphatic hydroxyl groups excluding tert-OH is 1. The molecule has 2 atom stereocenters. The number of ether oxygens (including phenoxy) is 2. The average Bonchev–Trinajstić information content (AvgIpc) is 2.58. The summed E-state index contributed by atoms with van der Waals surface area (Å²) in [6.07, 6.45) is -1.39. The van der Waals surface area contributed by atoms with E-state index in [1.165, 1.54) is 0 Å². The van der Waals surface area contributed by atoms with E-state index >= 15 is 0 Å². The Labute approximate surface area is 189 Å². The van der Waals surface area contributed by atoms with Crippen LogP contribution in [0.4, 0.5) is 4.79 Å². The fraction of sp³-hybridized carbons (Fsp3) is 0.857. The van der Waals surface area contributed by atoms with Crippen molar-refractivity contribution in [1.82, 2.24) is 10.6 Å². The number of hydrogen-bond donors (Lipinski definition) is 3. The number of carbonyl (C=O) groups is 3. The highest BCUT2D eigenvalue weighted by Gasteiger charge is 2.24. The molecule has 0 fully saturated rings. The molecule has 182 valence electrons. The van der Waals surface area contributed by atoms with Crippen molar-refractivity contribution in [2.24, 2.45) is 5.92 Å². The van der Waals surface area contributed by atoms with E-state index in [1.807, 2.05) is 13.8 Å². The fourth-order valence-corrected chi connectivity index (χ4v) is 3.89. The summed E-state index contributed by atoms with van der Waals surface area (Å²) in [6.45, 7) is 17.8. The maximum Gasteiger partial charge on any atom is 0.407 e. The predicted molar refractivity (Wildman–Crippen MR) is 129 cm³/mol. The summed E-state index contributed by atoms with van der Waals surface area (Å²) in [5.41, 5.74) is 0. The van der Waals surface area contributed by atoms with Gasteiger partial charge in [0.25, 0.3) is 0 Å². The van der Waals surface area contributed by atoms with Gasteiger partial charge in [0, 0.05) is 29.1 Å². The first-order valence-corrected chi connectivity index (χ1v) is 18.6. The van der Waals surface area contributed by atoms with Crippen LogP contribution >= 0.6 is 0 Å². The van der Waals surface area contributed by atoms with Gasteiger partial charge in [-0.1, -0.05) is 53.1 Å². The fourth-order valence-electron chi connectivity index (χ4n) is 2.46. The van der Waals surface area contributed by atoms with Crippen molar-refractivity contribution in [3.63, 3.8) is 0 Å². The number of esters is 1. The third kappa shape index (κ3) is 16.9. The lowest BCUT2D eigenvalue weighted by molar-refractivity contribution is -0.153. The maximum atomic E-state index is 12.5. The standard InChI is InChI=1S/C21H44N2O6Si2/c1-16(2)15-17(23-21(27)29-12-14-31(6,7)8)19(25)22-10-9-18(24)20(26)28-11-13-30(3,4)5/h16-18,24H,9-15H2,1-8H3,(H,22,25)(H,23,27)/t17-,18+/m0/s1. The summed E-state index contributed by atoms with van der Waals surface area (Å²) >= 11 is 0. The second-order valence-electron chi connectivity index (χ2n) is 10.8. The topological polar surface area (TPSA) is 114 Å². The van der Waals surface area contributed by atoms with Gasteiger partial charge in [0.2, 0.25) is 5.91 Å². The van der Waals surface area contributed by atoms with Crippen molar-refractivity contribution in [3.05, 3.63) is 0 Å². The number of alkyl carbamates (subject to hydrolysis) is 1. The number of amides is 2. The van der Waals surface area contributed by atoms with Gasteiger partial charge in [-0.2, -0.15) is 0 Å². The first-order chi connectivity index (χ1) is 14.1. The minimum Gasteiger partial charge on any atom is -0.464 e. The smallest absolute Gasteiger partial charge is 0.407 e. The molecule has 0 bridgehead atoms. The Bertz CT molecular complexity index is 573. The zero-order valence-electron chi connectivity index (χ0n) is 20.7. The molecule has 0 aromatic carbocycles. The minimum absolute atomic E-state index is 0.0482. The number of nitrogens with one attached hydrogen (secondary N) is 2. The predicted octanol–water partition coefficient (Wildman–Crippen LogP) is 3.21. The van der Waals surface area contributed by atoms with E-state index in [-0.39, 0.29) is 24.8 Å². The number of carbonyl (C=O) groups excluding carboxylic acids is 3. The van der Waals surface area contributed by atoms with Crippen molar-refractivity contribution in [2.45, 2.75) is 90.2 Å². The van der Waals surface area contributed by atoms with Crippen molar-refractivity contribution in [2.75, 3.05) is 19.8 Å². The Kier molecular flexibility index (Phi) is 13.3. The largest absolute Gasteiger partial charge is 0.464 e. The Morgan fingerprint density at radius 2 is 1.42 bits per heavy atom. The van der Waals surface area contributed by atoms with Gasteiger partial charge >= 0.3 is 12.1 Å². The number of aliphatic hydroxyl groups is 1. The number of hydrogen-bond acceptors (Lipinski definition) is 6. The van der Waals surface area contributed by atoms with E-state index in [0.717, 1.165) is 12.1 Å². The molecule has 0 aromatic rings. The van der Waals surface area contributed by atoms with E-state index in [9.17, 15) is 19.5 Å². The molecule has 8 nitrogen and oxygen atoms in total. The van der Waals surface area contributed by atoms with Crippen LogP contribution in [0.5, 0.6) is 0 Å². The van der Waals surface area contributed by atoms with E-state index in [0.29, 0.717) is 19.6 Å². The molecule has 0 aromatic heterocycles. The van der Waals surface area contributed by atoms with Crippen molar-refractivity contribution >= 4 is 34.1 Å². The van der Waals surface area contributed by atoms with E-state index in [4.69, 9.17) is 9.47 Å². The van der Waals surface area contributed by atoms with Gasteiger partial charge in [-0.25, -0.2) is 9.59 Å². The summed E-state index contributed by atoms with van der Waals surface area (Å²) < 4.78 is 10.3. The summed E-state index contributed by atoms with van der Waals surface area (Å²) in [5.74, 6) is -0.851. The van der Waals surface area contributed by atoms with Crippen LogP contribution in [0.3, 0.4) is 0 Å². The summed E-state index contributed by atoms with van der Waals surface area (Å²) in [6, 6.07) is 0.951. The van der Waals surface area contributed by atoms with E-state index in [2.05, 4.69) is 49.9 Å². The molecule has 2 amide bonds. The summed E-state index contributed by atoms with van der Waals surface area (Å²) in [5, 5.41) is 15.3. The zero-order valence-corrected chi connectivity index (χ0v) is 22.7. The van der Waals surface area contributed by atoms with Crippen LogP contribution in [0, 0.1) is 5.92 Å². The lowest BCUT2D eigenvalue weighted by Crippen LogP contribution is -2.48. The molecule has 0 spiro atoms. The quantitative estimate of drug-likeness (QED) is 0.262. The molecule has 0 aliphatic rings. The van der Waals surface area contributed by atoms with Crippen molar-refractivity contribution in [3.8, 4) is 0 Å². The van der Waals surface area contributed by atoms with Crippen molar-refractivity contribution < 1.29 is 29.0 Å². The van der Waals surface area contributed by atoms with Gasteiger partial charge in [-0.05, 0) is 24.4 Å².